The lowest BCUT2D eigenvalue weighted by atomic mass is 10.1. The lowest BCUT2D eigenvalue weighted by Gasteiger charge is -2.06. The first-order valence-electron chi connectivity index (χ1n) is 7.72. The lowest BCUT2D eigenvalue weighted by molar-refractivity contribution is -0.121. The molecule has 0 aromatic heterocycles. The smallest absolute Gasteiger partial charge is 0.220 e. The molecule has 0 spiro atoms. The molecule has 2 aromatic carbocycles. The van der Waals surface area contributed by atoms with Crippen LogP contribution in [0.2, 0.25) is 0 Å². The molecule has 0 saturated heterocycles. The van der Waals surface area contributed by atoms with Gasteiger partial charge in [-0.3, -0.25) is 9.59 Å². The van der Waals surface area contributed by atoms with Crippen LogP contribution in [-0.4, -0.2) is 23.3 Å². The Kier molecular flexibility index (Phi) is 6.51. The molecule has 0 radical (unpaired) electrons. The Morgan fingerprint density at radius 1 is 0.870 bits per heavy atom. The van der Waals surface area contributed by atoms with Crippen LogP contribution < -0.4 is 5.32 Å². The van der Waals surface area contributed by atoms with Crippen LogP contribution in [0.4, 0.5) is 0 Å². The van der Waals surface area contributed by atoms with Crippen molar-refractivity contribution in [3.8, 4) is 0 Å². The lowest BCUT2D eigenvalue weighted by Crippen LogP contribution is -2.26. The summed E-state index contributed by atoms with van der Waals surface area (Å²) in [6, 6.07) is 16.6. The number of rotatable bonds is 8. The van der Waals surface area contributed by atoms with E-state index in [-0.39, 0.29) is 31.1 Å². The Balaban J connectivity index is 1.67. The number of ketones is 1. The predicted molar refractivity (Wildman–Crippen MR) is 89.1 cm³/mol. The normalized spacial score (nSPS) is 10.3. The average molecular weight is 311 g/mol. The molecule has 0 aliphatic rings. The van der Waals surface area contributed by atoms with E-state index in [2.05, 4.69) is 5.32 Å². The molecule has 2 aromatic rings. The van der Waals surface area contributed by atoms with E-state index in [0.29, 0.717) is 12.1 Å². The third-order valence-corrected chi connectivity index (χ3v) is 3.62. The number of carbonyl (C=O) groups excluding carboxylic acids is 2. The molecule has 1 amide bonds. The minimum Gasteiger partial charge on any atom is -0.392 e. The highest BCUT2D eigenvalue weighted by Crippen LogP contribution is 2.06. The molecule has 4 heteroatoms. The molecule has 2 N–H and O–H groups in total. The second-order valence-electron chi connectivity index (χ2n) is 5.36. The molecule has 0 aliphatic carbocycles. The van der Waals surface area contributed by atoms with Gasteiger partial charge in [-0.2, -0.15) is 0 Å². The van der Waals surface area contributed by atoms with Gasteiger partial charge in [0.05, 0.1) is 6.61 Å². The largest absolute Gasteiger partial charge is 0.392 e. The first kappa shape index (κ1) is 16.9. The van der Waals surface area contributed by atoms with Crippen molar-refractivity contribution in [1.82, 2.24) is 5.32 Å². The highest BCUT2D eigenvalue weighted by Gasteiger charge is 2.08. The van der Waals surface area contributed by atoms with Crippen molar-refractivity contribution >= 4 is 11.7 Å². The summed E-state index contributed by atoms with van der Waals surface area (Å²) in [6.45, 7) is 0.573. The minimum atomic E-state index is -0.110. The van der Waals surface area contributed by atoms with Gasteiger partial charge < -0.3 is 10.4 Å². The van der Waals surface area contributed by atoms with E-state index in [4.69, 9.17) is 5.11 Å². The van der Waals surface area contributed by atoms with Crippen molar-refractivity contribution in [2.75, 3.05) is 6.54 Å². The monoisotopic (exact) mass is 311 g/mol. The first-order chi connectivity index (χ1) is 11.2. The molecule has 0 fully saturated rings. The molecule has 0 unspecified atom stereocenters. The first-order valence-corrected chi connectivity index (χ1v) is 7.72. The minimum absolute atomic E-state index is 0.0136. The zero-order valence-electron chi connectivity index (χ0n) is 13.0. The molecule has 4 nitrogen and oxygen atoms in total. The average Bonchev–Trinajstić information content (AvgIpc) is 2.61. The van der Waals surface area contributed by atoms with E-state index in [1.807, 2.05) is 42.5 Å². The second kappa shape index (κ2) is 8.86. The van der Waals surface area contributed by atoms with Gasteiger partial charge in [-0.15, -0.1) is 0 Å². The van der Waals surface area contributed by atoms with Gasteiger partial charge in [0.1, 0.15) is 0 Å². The number of amides is 1. The van der Waals surface area contributed by atoms with Gasteiger partial charge in [-0.1, -0.05) is 54.6 Å². The zero-order valence-corrected chi connectivity index (χ0v) is 13.0. The third kappa shape index (κ3) is 5.68. The van der Waals surface area contributed by atoms with Gasteiger partial charge in [0.25, 0.3) is 0 Å². The standard InChI is InChI=1S/C19H21NO3/c21-14-16-8-6-15(7-9-16)12-13-20-19(23)11-10-18(22)17-4-2-1-3-5-17/h1-9,21H,10-14H2,(H,20,23). The van der Waals surface area contributed by atoms with Gasteiger partial charge in [0.2, 0.25) is 5.91 Å². The summed E-state index contributed by atoms with van der Waals surface area (Å²) in [4.78, 5) is 23.7. The van der Waals surface area contributed by atoms with Crippen LogP contribution in [0, 0.1) is 0 Å². The fraction of sp³-hybridized carbons (Fsp3) is 0.263. The van der Waals surface area contributed by atoms with Crippen LogP contribution in [0.1, 0.15) is 34.3 Å². The molecule has 2 rings (SSSR count). The maximum absolute atomic E-state index is 11.9. The Bertz CT molecular complexity index is 635. The number of nitrogens with one attached hydrogen (secondary N) is 1. The van der Waals surface area contributed by atoms with Crippen molar-refractivity contribution < 1.29 is 14.7 Å². The molecule has 23 heavy (non-hydrogen) atoms. The molecule has 0 heterocycles. The van der Waals surface area contributed by atoms with Crippen LogP contribution in [0.25, 0.3) is 0 Å². The highest BCUT2D eigenvalue weighted by atomic mass is 16.3. The topological polar surface area (TPSA) is 66.4 Å². The number of hydrogen-bond acceptors (Lipinski definition) is 3. The molecule has 0 aliphatic heterocycles. The number of carbonyl (C=O) groups is 2. The summed E-state index contributed by atoms with van der Waals surface area (Å²) >= 11 is 0. The van der Waals surface area contributed by atoms with E-state index >= 15 is 0 Å². The van der Waals surface area contributed by atoms with Crippen molar-refractivity contribution in [1.29, 1.82) is 0 Å². The Morgan fingerprint density at radius 3 is 2.17 bits per heavy atom. The highest BCUT2D eigenvalue weighted by molar-refractivity contribution is 5.97. The van der Waals surface area contributed by atoms with Gasteiger partial charge in [-0.25, -0.2) is 0 Å². The Morgan fingerprint density at radius 2 is 1.52 bits per heavy atom. The van der Waals surface area contributed by atoms with E-state index < -0.39 is 0 Å². The summed E-state index contributed by atoms with van der Waals surface area (Å²) in [7, 11) is 0. The number of aliphatic hydroxyl groups is 1. The van der Waals surface area contributed by atoms with E-state index in [0.717, 1.165) is 17.5 Å². The van der Waals surface area contributed by atoms with Gasteiger partial charge in [0.15, 0.2) is 5.78 Å². The van der Waals surface area contributed by atoms with E-state index in [1.54, 1.807) is 12.1 Å². The quantitative estimate of drug-likeness (QED) is 0.736. The maximum Gasteiger partial charge on any atom is 0.220 e. The van der Waals surface area contributed by atoms with E-state index in [1.165, 1.54) is 0 Å². The summed E-state index contributed by atoms with van der Waals surface area (Å²) in [5.74, 6) is -0.124. The van der Waals surface area contributed by atoms with Crippen LogP contribution >= 0.6 is 0 Å². The Labute approximate surface area is 136 Å². The predicted octanol–water partition coefficient (Wildman–Crippen LogP) is 2.50. The van der Waals surface area contributed by atoms with Crippen molar-refractivity contribution in [3.63, 3.8) is 0 Å². The maximum atomic E-state index is 11.9. The van der Waals surface area contributed by atoms with Crippen molar-refractivity contribution in [2.24, 2.45) is 0 Å². The molecule has 120 valence electrons. The molecular formula is C19H21NO3. The second-order valence-corrected chi connectivity index (χ2v) is 5.36. The van der Waals surface area contributed by atoms with Crippen LogP contribution in [-0.2, 0) is 17.8 Å². The number of aliphatic hydroxyl groups excluding tert-OH is 1. The fourth-order valence-corrected chi connectivity index (χ4v) is 2.24. The fourth-order valence-electron chi connectivity index (χ4n) is 2.24. The molecule has 0 bridgehead atoms. The summed E-state index contributed by atoms with van der Waals surface area (Å²) in [5, 5.41) is 11.8. The molecule has 0 atom stereocenters. The van der Waals surface area contributed by atoms with E-state index in [9.17, 15) is 9.59 Å². The third-order valence-electron chi connectivity index (χ3n) is 3.62. The van der Waals surface area contributed by atoms with Crippen molar-refractivity contribution in [3.05, 3.63) is 71.3 Å². The van der Waals surface area contributed by atoms with Crippen molar-refractivity contribution in [2.45, 2.75) is 25.9 Å². The van der Waals surface area contributed by atoms with Gasteiger partial charge >= 0.3 is 0 Å². The number of hydrogen-bond donors (Lipinski definition) is 2. The number of Topliss-reactive ketones (excluding diaryl/α,β-unsaturated/α-hetero) is 1. The molecule has 0 saturated carbocycles. The summed E-state index contributed by atoms with van der Waals surface area (Å²) in [5.41, 5.74) is 2.62. The van der Waals surface area contributed by atoms with Crippen LogP contribution in [0.3, 0.4) is 0 Å². The summed E-state index contributed by atoms with van der Waals surface area (Å²) in [6.07, 6.45) is 1.16. The Hall–Kier alpha value is -2.46. The van der Waals surface area contributed by atoms with Crippen LogP contribution in [0.15, 0.2) is 54.6 Å². The number of benzene rings is 2. The summed E-state index contributed by atoms with van der Waals surface area (Å²) < 4.78 is 0. The van der Waals surface area contributed by atoms with Gasteiger partial charge in [-0.05, 0) is 17.5 Å². The zero-order chi connectivity index (χ0) is 16.5. The SMILES string of the molecule is O=C(CCC(=O)c1ccccc1)NCCc1ccc(CO)cc1. The molecular weight excluding hydrogens is 290 g/mol. The van der Waals surface area contributed by atoms with Crippen LogP contribution in [0.5, 0.6) is 0 Å². The van der Waals surface area contributed by atoms with Gasteiger partial charge in [0, 0.05) is 24.9 Å².